The lowest BCUT2D eigenvalue weighted by molar-refractivity contribution is -0.784. The highest BCUT2D eigenvalue weighted by Crippen LogP contribution is 2.10. The Morgan fingerprint density at radius 1 is 1.10 bits per heavy atom. The van der Waals surface area contributed by atoms with Gasteiger partial charge in [0.15, 0.2) is 0 Å². The quantitative estimate of drug-likeness (QED) is 0.400. The van der Waals surface area contributed by atoms with Crippen molar-refractivity contribution in [3.63, 3.8) is 0 Å². The third-order valence-electron chi connectivity index (χ3n) is 2.20. The van der Waals surface area contributed by atoms with Crippen LogP contribution in [0.15, 0.2) is 0 Å². The molecule has 1 spiro atoms. The third-order valence-corrected chi connectivity index (χ3v) is 2.20. The molecule has 1 N–H and O–H groups in total. The van der Waals surface area contributed by atoms with Gasteiger partial charge in [0.05, 0.1) is 13.2 Å². The lowest BCUT2D eigenvalue weighted by Crippen LogP contribution is -3.19. The van der Waals surface area contributed by atoms with Crippen LogP contribution in [0.2, 0.25) is 0 Å². The summed E-state index contributed by atoms with van der Waals surface area (Å²) in [7, 11) is 2.04. The molecule has 4 nitrogen and oxygen atoms in total. The van der Waals surface area contributed by atoms with E-state index in [-0.39, 0.29) is 0 Å². The number of quaternary nitrogens is 1. The topological polar surface area (TPSA) is 32.1 Å². The van der Waals surface area contributed by atoms with Gasteiger partial charge in [-0.1, -0.05) is 0 Å². The van der Waals surface area contributed by atoms with Gasteiger partial charge < -0.3 is 18.8 Å². The summed E-state index contributed by atoms with van der Waals surface area (Å²) in [5.41, 5.74) is 0. The molecule has 0 amide bonds. The molecule has 5 heteroatoms. The second-order valence-electron chi connectivity index (χ2n) is 2.85. The van der Waals surface area contributed by atoms with Crippen molar-refractivity contribution in [3.05, 3.63) is 0 Å². The van der Waals surface area contributed by atoms with E-state index in [1.165, 1.54) is 4.81 Å². The van der Waals surface area contributed by atoms with Gasteiger partial charge in [0, 0.05) is 20.3 Å². The van der Waals surface area contributed by atoms with E-state index in [2.05, 4.69) is 0 Å². The van der Waals surface area contributed by atoms with Crippen molar-refractivity contribution in [1.29, 1.82) is 0 Å². The van der Waals surface area contributed by atoms with Crippen molar-refractivity contribution >= 4 is 6.89 Å². The summed E-state index contributed by atoms with van der Waals surface area (Å²) < 4.78 is 16.2. The van der Waals surface area contributed by atoms with Crippen molar-refractivity contribution in [2.24, 2.45) is 0 Å². The van der Waals surface area contributed by atoms with Gasteiger partial charge in [-0.05, 0) is 0 Å². The molecule has 0 aromatic carbocycles. The molecule has 1 atom stereocenters. The van der Waals surface area contributed by atoms with E-state index in [4.69, 9.17) is 14.0 Å². The van der Waals surface area contributed by atoms with Crippen LogP contribution in [0.5, 0.6) is 0 Å². The summed E-state index contributed by atoms with van der Waals surface area (Å²) in [6, 6.07) is 0. The van der Waals surface area contributed by atoms with E-state index in [1.54, 1.807) is 0 Å². The van der Waals surface area contributed by atoms with Crippen LogP contribution in [-0.4, -0.2) is 40.3 Å². The molecule has 2 rings (SSSR count). The molecule has 0 aromatic rings. The first-order valence-corrected chi connectivity index (χ1v) is 3.72. The molecule has 2 saturated heterocycles. The molecule has 58 valence electrons. The fourth-order valence-electron chi connectivity index (χ4n) is 1.53. The number of likely N-dealkylation sites (N-methyl/N-ethyl adjacent to an activating group) is 1. The molecule has 2 aliphatic rings. The normalized spacial score (nSPS) is 37.5. The maximum absolute atomic E-state index is 5.39. The molecular formula is C5H12BNO3. The molecule has 2 heterocycles. The van der Waals surface area contributed by atoms with Crippen LogP contribution in [0.4, 0.5) is 0 Å². The summed E-state index contributed by atoms with van der Waals surface area (Å²) in [5, 5.41) is 0. The van der Waals surface area contributed by atoms with E-state index < -0.39 is 6.89 Å². The highest BCUT2D eigenvalue weighted by Gasteiger charge is 2.49. The fraction of sp³-hybridized carbons (Fsp3) is 1.00. The average molecular weight is 145 g/mol. The molecular weight excluding hydrogens is 133 g/mol. The Kier molecular flexibility index (Phi) is 1.45. The molecule has 2 fully saturated rings. The summed E-state index contributed by atoms with van der Waals surface area (Å²) >= 11 is 0. The van der Waals surface area contributed by atoms with E-state index in [1.807, 2.05) is 7.05 Å². The van der Waals surface area contributed by atoms with E-state index in [9.17, 15) is 0 Å². The minimum Gasteiger partial charge on any atom is -0.484 e. The first kappa shape index (κ1) is 6.60. The Labute approximate surface area is 60.1 Å². The standard InChI is InChI=1S/C5H12BNO3/c1-7-2-3-8-6(7)9-4-5-10-6/h7H,2-5H2,1H3. The van der Waals surface area contributed by atoms with Crippen molar-refractivity contribution in [3.8, 4) is 0 Å². The van der Waals surface area contributed by atoms with Crippen LogP contribution in [0.3, 0.4) is 0 Å². The minimum atomic E-state index is -1.38. The first-order valence-electron chi connectivity index (χ1n) is 3.72. The van der Waals surface area contributed by atoms with Gasteiger partial charge in [-0.15, -0.1) is 0 Å². The number of rotatable bonds is 0. The number of hydrogen-bond acceptors (Lipinski definition) is 3. The molecule has 2 aliphatic heterocycles. The monoisotopic (exact) mass is 145 g/mol. The van der Waals surface area contributed by atoms with Gasteiger partial charge in [-0.25, -0.2) is 0 Å². The predicted molar refractivity (Wildman–Crippen MR) is 35.4 cm³/mol. The van der Waals surface area contributed by atoms with Crippen LogP contribution >= 0.6 is 0 Å². The Morgan fingerprint density at radius 3 is 2.20 bits per heavy atom. The summed E-state index contributed by atoms with van der Waals surface area (Å²) in [4.78, 5) is 1.22. The van der Waals surface area contributed by atoms with Gasteiger partial charge in [0.2, 0.25) is 0 Å². The zero-order valence-electron chi connectivity index (χ0n) is 6.13. The molecule has 1 unspecified atom stereocenters. The Hall–Kier alpha value is -0.0951. The van der Waals surface area contributed by atoms with E-state index in [0.29, 0.717) is 13.2 Å². The van der Waals surface area contributed by atoms with Gasteiger partial charge in [0.25, 0.3) is 0 Å². The van der Waals surface area contributed by atoms with Crippen LogP contribution in [0.1, 0.15) is 0 Å². The van der Waals surface area contributed by atoms with Gasteiger partial charge in [-0.3, -0.25) is 0 Å². The highest BCUT2D eigenvalue weighted by atomic mass is 16.8. The summed E-state index contributed by atoms with van der Waals surface area (Å²) in [6.45, 7) is 1.72. The SMILES string of the molecule is C[NH+]1CCO[B-]12OCCO2. The minimum absolute atomic E-state index is 0.678. The maximum atomic E-state index is 5.39. The lowest BCUT2D eigenvalue weighted by Gasteiger charge is -2.29. The van der Waals surface area contributed by atoms with Crippen molar-refractivity contribution in [1.82, 2.24) is 0 Å². The molecule has 0 bridgehead atoms. The molecule has 0 saturated carbocycles. The molecule has 0 aliphatic carbocycles. The Balaban J connectivity index is 2.11. The maximum Gasteiger partial charge on any atom is 0.623 e. The van der Waals surface area contributed by atoms with Crippen LogP contribution in [0.25, 0.3) is 0 Å². The van der Waals surface area contributed by atoms with Crippen LogP contribution < -0.4 is 4.81 Å². The van der Waals surface area contributed by atoms with Gasteiger partial charge in [0.1, 0.15) is 0 Å². The smallest absolute Gasteiger partial charge is 0.484 e. The number of nitrogens with one attached hydrogen (secondary N) is 1. The largest absolute Gasteiger partial charge is 0.623 e. The van der Waals surface area contributed by atoms with E-state index in [0.717, 1.165) is 13.2 Å². The van der Waals surface area contributed by atoms with Crippen LogP contribution in [-0.2, 0) is 14.0 Å². The van der Waals surface area contributed by atoms with Gasteiger partial charge >= 0.3 is 6.89 Å². The Bertz CT molecular complexity index is 131. The average Bonchev–Trinajstić information content (AvgIpc) is 2.48. The molecule has 0 radical (unpaired) electrons. The predicted octanol–water partition coefficient (Wildman–Crippen LogP) is -1.99. The highest BCUT2D eigenvalue weighted by molar-refractivity contribution is 6.52. The second-order valence-corrected chi connectivity index (χ2v) is 2.85. The summed E-state index contributed by atoms with van der Waals surface area (Å²) in [5.74, 6) is 0. The Morgan fingerprint density at radius 2 is 1.70 bits per heavy atom. The van der Waals surface area contributed by atoms with Crippen molar-refractivity contribution < 1.29 is 18.8 Å². The van der Waals surface area contributed by atoms with Gasteiger partial charge in [-0.2, -0.15) is 0 Å². The number of hydrogen-bond donors (Lipinski definition) is 1. The third kappa shape index (κ3) is 0.785. The molecule has 10 heavy (non-hydrogen) atoms. The lowest BCUT2D eigenvalue weighted by atomic mass is 9.97. The molecule has 0 aromatic heterocycles. The van der Waals surface area contributed by atoms with Crippen molar-refractivity contribution in [2.45, 2.75) is 0 Å². The second kappa shape index (κ2) is 2.20. The van der Waals surface area contributed by atoms with Crippen LogP contribution in [0, 0.1) is 0 Å². The zero-order chi connectivity index (χ0) is 7.03. The van der Waals surface area contributed by atoms with Crippen molar-refractivity contribution in [2.75, 3.05) is 33.4 Å². The zero-order valence-corrected chi connectivity index (χ0v) is 6.13. The summed E-state index contributed by atoms with van der Waals surface area (Å²) in [6.07, 6.45) is 0. The fourth-order valence-corrected chi connectivity index (χ4v) is 1.53. The van der Waals surface area contributed by atoms with E-state index >= 15 is 0 Å². The first-order chi connectivity index (χ1) is 4.83.